The zero-order valence-electron chi connectivity index (χ0n) is 12.4. The van der Waals surface area contributed by atoms with Crippen molar-refractivity contribution in [2.45, 2.75) is 45.1 Å². The molecule has 1 aliphatic rings. The van der Waals surface area contributed by atoms with Gasteiger partial charge in [0.1, 0.15) is 0 Å². The minimum atomic E-state index is -0.843. The van der Waals surface area contributed by atoms with Crippen LogP contribution in [0, 0.1) is 11.8 Å². The van der Waals surface area contributed by atoms with Crippen LogP contribution in [0.5, 0.6) is 0 Å². The van der Waals surface area contributed by atoms with Gasteiger partial charge in [0.25, 0.3) is 0 Å². The van der Waals surface area contributed by atoms with Gasteiger partial charge in [-0.3, -0.25) is 9.59 Å². The van der Waals surface area contributed by atoms with Gasteiger partial charge in [-0.15, -0.1) is 0 Å². The minimum absolute atomic E-state index is 0.0627. The monoisotopic (exact) mass is 289 g/mol. The lowest BCUT2D eigenvalue weighted by Gasteiger charge is -2.19. The van der Waals surface area contributed by atoms with Crippen molar-refractivity contribution in [1.29, 1.82) is 0 Å². The average Bonchev–Trinajstić information content (AvgIpc) is 2.96. The summed E-state index contributed by atoms with van der Waals surface area (Å²) in [5.41, 5.74) is 1.25. The van der Waals surface area contributed by atoms with Crippen LogP contribution in [0.2, 0.25) is 0 Å². The maximum atomic E-state index is 12.2. The molecular weight excluding hydrogens is 266 g/mol. The fourth-order valence-electron chi connectivity index (χ4n) is 3.02. The molecule has 1 aromatic carbocycles. The highest BCUT2D eigenvalue weighted by molar-refractivity contribution is 5.85. The van der Waals surface area contributed by atoms with Gasteiger partial charge in [0.15, 0.2) is 0 Å². The van der Waals surface area contributed by atoms with E-state index in [1.807, 2.05) is 25.1 Å². The first kappa shape index (κ1) is 15.5. The molecule has 1 amide bonds. The van der Waals surface area contributed by atoms with Gasteiger partial charge in [0, 0.05) is 6.04 Å². The third-order valence-corrected chi connectivity index (χ3v) is 4.27. The molecule has 1 saturated carbocycles. The highest BCUT2D eigenvalue weighted by Gasteiger charge is 2.37. The fraction of sp³-hybridized carbons (Fsp3) is 0.529. The Hall–Kier alpha value is -1.84. The zero-order valence-corrected chi connectivity index (χ0v) is 12.4. The van der Waals surface area contributed by atoms with Crippen LogP contribution in [0.25, 0.3) is 0 Å². The first-order valence-corrected chi connectivity index (χ1v) is 7.65. The summed E-state index contributed by atoms with van der Waals surface area (Å²) in [7, 11) is 0. The number of carboxylic acid groups (broad SMARTS) is 1. The predicted molar refractivity (Wildman–Crippen MR) is 80.8 cm³/mol. The maximum absolute atomic E-state index is 12.2. The SMILES string of the molecule is CC(CCc1ccccc1)NC(=O)[C@@H]1CCC[C@@H]1C(=O)O. The molecule has 0 radical (unpaired) electrons. The van der Waals surface area contributed by atoms with Crippen molar-refractivity contribution in [2.75, 3.05) is 0 Å². The van der Waals surface area contributed by atoms with Crippen molar-refractivity contribution in [3.05, 3.63) is 35.9 Å². The van der Waals surface area contributed by atoms with E-state index in [2.05, 4.69) is 17.4 Å². The summed E-state index contributed by atoms with van der Waals surface area (Å²) in [6.07, 6.45) is 3.91. The fourth-order valence-corrected chi connectivity index (χ4v) is 3.02. The predicted octanol–water partition coefficient (Wildman–Crippen LogP) is 2.62. The molecule has 1 fully saturated rings. The van der Waals surface area contributed by atoms with Gasteiger partial charge < -0.3 is 10.4 Å². The number of aliphatic carboxylic acids is 1. The molecule has 0 bridgehead atoms. The Morgan fingerprint density at radius 1 is 1.24 bits per heavy atom. The van der Waals surface area contributed by atoms with E-state index in [0.717, 1.165) is 19.3 Å². The molecule has 1 unspecified atom stereocenters. The molecule has 1 aliphatic carbocycles. The minimum Gasteiger partial charge on any atom is -0.481 e. The van der Waals surface area contributed by atoms with Crippen molar-refractivity contribution in [3.63, 3.8) is 0 Å². The van der Waals surface area contributed by atoms with Gasteiger partial charge in [-0.25, -0.2) is 0 Å². The van der Waals surface area contributed by atoms with E-state index < -0.39 is 11.9 Å². The van der Waals surface area contributed by atoms with Crippen molar-refractivity contribution in [3.8, 4) is 0 Å². The Morgan fingerprint density at radius 2 is 1.90 bits per heavy atom. The van der Waals surface area contributed by atoms with Crippen LogP contribution in [0.15, 0.2) is 30.3 Å². The van der Waals surface area contributed by atoms with Gasteiger partial charge in [0.05, 0.1) is 11.8 Å². The van der Waals surface area contributed by atoms with Crippen LogP contribution < -0.4 is 5.32 Å². The largest absolute Gasteiger partial charge is 0.481 e. The summed E-state index contributed by atoms with van der Waals surface area (Å²) in [4.78, 5) is 23.3. The number of hydrogen-bond acceptors (Lipinski definition) is 2. The number of aryl methyl sites for hydroxylation is 1. The van der Waals surface area contributed by atoms with Crippen molar-refractivity contribution >= 4 is 11.9 Å². The summed E-state index contributed by atoms with van der Waals surface area (Å²) >= 11 is 0. The lowest BCUT2D eigenvalue weighted by molar-refractivity contribution is -0.146. The highest BCUT2D eigenvalue weighted by atomic mass is 16.4. The number of carbonyl (C=O) groups excluding carboxylic acids is 1. The van der Waals surface area contributed by atoms with E-state index in [0.29, 0.717) is 12.8 Å². The van der Waals surface area contributed by atoms with Crippen molar-refractivity contribution in [2.24, 2.45) is 11.8 Å². The summed E-state index contributed by atoms with van der Waals surface area (Å²) in [6, 6.07) is 10.2. The standard InChI is InChI=1S/C17H23NO3/c1-12(10-11-13-6-3-2-4-7-13)18-16(19)14-8-5-9-15(14)17(20)21/h2-4,6-7,12,14-15H,5,8-11H2,1H3,(H,18,19)(H,20,21)/t12?,14-,15+/m1/s1. The second-order valence-electron chi connectivity index (χ2n) is 5.92. The first-order valence-electron chi connectivity index (χ1n) is 7.65. The van der Waals surface area contributed by atoms with Crippen LogP contribution in [-0.4, -0.2) is 23.0 Å². The number of nitrogens with one attached hydrogen (secondary N) is 1. The number of rotatable bonds is 6. The second kappa shape index (κ2) is 7.25. The number of amides is 1. The van der Waals surface area contributed by atoms with E-state index in [1.54, 1.807) is 0 Å². The molecule has 0 saturated heterocycles. The third-order valence-electron chi connectivity index (χ3n) is 4.27. The van der Waals surface area contributed by atoms with Gasteiger partial charge >= 0.3 is 5.97 Å². The first-order chi connectivity index (χ1) is 10.1. The Labute approximate surface area is 125 Å². The van der Waals surface area contributed by atoms with Gasteiger partial charge in [-0.05, 0) is 38.2 Å². The summed E-state index contributed by atoms with van der Waals surface area (Å²) < 4.78 is 0. The summed E-state index contributed by atoms with van der Waals surface area (Å²) in [6.45, 7) is 1.98. The van der Waals surface area contributed by atoms with Gasteiger partial charge in [-0.2, -0.15) is 0 Å². The quantitative estimate of drug-likeness (QED) is 0.846. The molecule has 21 heavy (non-hydrogen) atoms. The van der Waals surface area contributed by atoms with Gasteiger partial charge in [-0.1, -0.05) is 36.8 Å². The van der Waals surface area contributed by atoms with E-state index in [9.17, 15) is 9.59 Å². The Kier molecular flexibility index (Phi) is 5.37. The molecule has 0 aromatic heterocycles. The zero-order chi connectivity index (χ0) is 15.2. The molecule has 0 spiro atoms. The molecule has 2 N–H and O–H groups in total. The van der Waals surface area contributed by atoms with Gasteiger partial charge in [0.2, 0.25) is 5.91 Å². The lowest BCUT2D eigenvalue weighted by atomic mass is 9.95. The van der Waals surface area contributed by atoms with E-state index in [-0.39, 0.29) is 17.9 Å². The van der Waals surface area contributed by atoms with Crippen LogP contribution in [0.3, 0.4) is 0 Å². The maximum Gasteiger partial charge on any atom is 0.307 e. The third kappa shape index (κ3) is 4.31. The molecular formula is C17H23NO3. The number of carbonyl (C=O) groups is 2. The normalized spacial score (nSPS) is 22.7. The summed E-state index contributed by atoms with van der Waals surface area (Å²) in [5.74, 6) is -1.81. The Bertz CT molecular complexity index is 486. The Morgan fingerprint density at radius 3 is 2.57 bits per heavy atom. The second-order valence-corrected chi connectivity index (χ2v) is 5.92. The van der Waals surface area contributed by atoms with Crippen LogP contribution >= 0.6 is 0 Å². The number of carboxylic acids is 1. The summed E-state index contributed by atoms with van der Waals surface area (Å²) in [5, 5.41) is 12.1. The molecule has 4 nitrogen and oxygen atoms in total. The smallest absolute Gasteiger partial charge is 0.307 e. The molecule has 0 heterocycles. The molecule has 1 aromatic rings. The van der Waals surface area contributed by atoms with Crippen LogP contribution in [0.4, 0.5) is 0 Å². The molecule has 2 rings (SSSR count). The van der Waals surface area contributed by atoms with E-state index >= 15 is 0 Å². The van der Waals surface area contributed by atoms with Crippen molar-refractivity contribution in [1.82, 2.24) is 5.32 Å². The van der Waals surface area contributed by atoms with E-state index in [1.165, 1.54) is 5.56 Å². The Balaban J connectivity index is 1.80. The lowest BCUT2D eigenvalue weighted by Crippen LogP contribution is -2.40. The van der Waals surface area contributed by atoms with Crippen LogP contribution in [-0.2, 0) is 16.0 Å². The van der Waals surface area contributed by atoms with Crippen LogP contribution in [0.1, 0.15) is 38.2 Å². The van der Waals surface area contributed by atoms with Crippen molar-refractivity contribution < 1.29 is 14.7 Å². The van der Waals surface area contributed by atoms with E-state index in [4.69, 9.17) is 5.11 Å². The molecule has 4 heteroatoms. The highest BCUT2D eigenvalue weighted by Crippen LogP contribution is 2.32. The molecule has 0 aliphatic heterocycles. The topological polar surface area (TPSA) is 66.4 Å². The molecule has 114 valence electrons. The number of hydrogen-bond donors (Lipinski definition) is 2. The molecule has 3 atom stereocenters. The number of benzene rings is 1. The average molecular weight is 289 g/mol.